The highest BCUT2D eigenvalue weighted by Gasteiger charge is 2.35. The summed E-state index contributed by atoms with van der Waals surface area (Å²) >= 11 is 0. The van der Waals surface area contributed by atoms with Crippen LogP contribution in [0.15, 0.2) is 24.3 Å². The zero-order chi connectivity index (χ0) is 18.3. The van der Waals surface area contributed by atoms with Gasteiger partial charge in [0.15, 0.2) is 0 Å². The van der Waals surface area contributed by atoms with E-state index in [4.69, 9.17) is 4.74 Å². The van der Waals surface area contributed by atoms with Gasteiger partial charge < -0.3 is 10.1 Å². The highest BCUT2D eigenvalue weighted by molar-refractivity contribution is 5.82. The Hall–Kier alpha value is -2.06. The van der Waals surface area contributed by atoms with E-state index < -0.39 is 5.54 Å². The van der Waals surface area contributed by atoms with Crippen LogP contribution in [0, 0.1) is 11.3 Å². The summed E-state index contributed by atoms with van der Waals surface area (Å²) in [6.07, 6.45) is 4.66. The topological polar surface area (TPSA) is 65.4 Å². The average molecular weight is 343 g/mol. The number of nitriles is 1. The number of hydrogen-bond donors (Lipinski definition) is 1. The second kappa shape index (κ2) is 8.87. The van der Waals surface area contributed by atoms with Crippen LogP contribution in [0.25, 0.3) is 0 Å². The van der Waals surface area contributed by atoms with E-state index in [0.717, 1.165) is 43.4 Å². The molecule has 0 bridgehead atoms. The van der Waals surface area contributed by atoms with Gasteiger partial charge in [0.25, 0.3) is 0 Å². The molecule has 1 atom stereocenters. The molecule has 5 nitrogen and oxygen atoms in total. The number of rotatable bonds is 7. The predicted molar refractivity (Wildman–Crippen MR) is 98.1 cm³/mol. The molecule has 1 N–H and O–H groups in total. The Balaban J connectivity index is 1.93. The third kappa shape index (κ3) is 5.20. The van der Waals surface area contributed by atoms with Crippen molar-refractivity contribution in [2.24, 2.45) is 0 Å². The van der Waals surface area contributed by atoms with Gasteiger partial charge in [-0.2, -0.15) is 5.26 Å². The zero-order valence-corrected chi connectivity index (χ0v) is 15.5. The van der Waals surface area contributed by atoms with Gasteiger partial charge in [-0.3, -0.25) is 9.69 Å². The molecular formula is C20H29N3O2. The number of ether oxygens (including phenoxy) is 1. The number of nitrogens with one attached hydrogen (secondary N) is 1. The summed E-state index contributed by atoms with van der Waals surface area (Å²) in [7, 11) is 1.93. The molecule has 1 unspecified atom stereocenters. The van der Waals surface area contributed by atoms with E-state index in [1.165, 1.54) is 0 Å². The second-order valence-electron chi connectivity index (χ2n) is 6.91. The van der Waals surface area contributed by atoms with Gasteiger partial charge in [0.1, 0.15) is 11.3 Å². The monoisotopic (exact) mass is 343 g/mol. The third-order valence-electron chi connectivity index (χ3n) is 4.99. The van der Waals surface area contributed by atoms with Gasteiger partial charge in [-0.1, -0.05) is 31.4 Å². The maximum absolute atomic E-state index is 12.6. The lowest BCUT2D eigenvalue weighted by atomic mass is 9.82. The molecule has 136 valence electrons. The molecule has 1 aromatic rings. The normalized spacial score (nSPS) is 17.6. The van der Waals surface area contributed by atoms with Crippen LogP contribution in [0.4, 0.5) is 0 Å². The van der Waals surface area contributed by atoms with Crippen LogP contribution in [0.1, 0.15) is 51.5 Å². The van der Waals surface area contributed by atoms with Crippen molar-refractivity contribution < 1.29 is 9.53 Å². The first-order valence-electron chi connectivity index (χ1n) is 9.15. The summed E-state index contributed by atoms with van der Waals surface area (Å²) in [6.45, 7) is 5.16. The minimum absolute atomic E-state index is 0.0723. The molecule has 5 heteroatoms. The third-order valence-corrected chi connectivity index (χ3v) is 4.99. The van der Waals surface area contributed by atoms with Crippen molar-refractivity contribution in [1.29, 1.82) is 5.26 Å². The van der Waals surface area contributed by atoms with E-state index in [2.05, 4.69) is 11.4 Å². The van der Waals surface area contributed by atoms with E-state index >= 15 is 0 Å². The molecule has 25 heavy (non-hydrogen) atoms. The van der Waals surface area contributed by atoms with Crippen LogP contribution < -0.4 is 10.1 Å². The standard InChI is InChI=1S/C20H29N3O2/c1-4-25-18-10-8-17(9-11-18)14-23(3)16(2)19(24)22-20(15-21)12-6-5-7-13-20/h8-11,16H,4-7,12-14H2,1-3H3,(H,22,24). The summed E-state index contributed by atoms with van der Waals surface area (Å²) in [5, 5.41) is 12.5. The smallest absolute Gasteiger partial charge is 0.238 e. The summed E-state index contributed by atoms with van der Waals surface area (Å²) in [5.41, 5.74) is 0.446. The Bertz CT molecular complexity index is 600. The quantitative estimate of drug-likeness (QED) is 0.825. The van der Waals surface area contributed by atoms with Gasteiger partial charge in [-0.05, 0) is 51.4 Å². The molecule has 1 aliphatic rings. The van der Waals surface area contributed by atoms with Gasteiger partial charge in [0.2, 0.25) is 5.91 Å². The number of amides is 1. The van der Waals surface area contributed by atoms with Crippen molar-refractivity contribution in [1.82, 2.24) is 10.2 Å². The van der Waals surface area contributed by atoms with Crippen LogP contribution in [-0.4, -0.2) is 36.0 Å². The number of benzene rings is 1. The maximum atomic E-state index is 12.6. The Morgan fingerprint density at radius 2 is 1.96 bits per heavy atom. The van der Waals surface area contributed by atoms with Gasteiger partial charge in [0, 0.05) is 6.54 Å². The molecule has 0 aliphatic heterocycles. The summed E-state index contributed by atoms with van der Waals surface area (Å²) in [5.74, 6) is 0.782. The molecule has 1 aromatic carbocycles. The lowest BCUT2D eigenvalue weighted by Crippen LogP contribution is -2.54. The Labute approximate surface area is 151 Å². The van der Waals surface area contributed by atoms with Crippen LogP contribution in [-0.2, 0) is 11.3 Å². The second-order valence-corrected chi connectivity index (χ2v) is 6.91. The Morgan fingerprint density at radius 1 is 1.32 bits per heavy atom. The van der Waals surface area contributed by atoms with Gasteiger partial charge in [-0.15, -0.1) is 0 Å². The molecule has 0 spiro atoms. The molecule has 1 fully saturated rings. The molecule has 1 aliphatic carbocycles. The van der Waals surface area contributed by atoms with Gasteiger partial charge in [0.05, 0.1) is 18.7 Å². The minimum atomic E-state index is -0.677. The van der Waals surface area contributed by atoms with Crippen LogP contribution in [0.3, 0.4) is 0 Å². The van der Waals surface area contributed by atoms with Crippen LogP contribution in [0.5, 0.6) is 5.75 Å². The predicted octanol–water partition coefficient (Wildman–Crippen LogP) is 3.25. The van der Waals surface area contributed by atoms with Crippen molar-refractivity contribution >= 4 is 5.91 Å². The highest BCUT2D eigenvalue weighted by Crippen LogP contribution is 2.27. The van der Waals surface area contributed by atoms with E-state index in [1.807, 2.05) is 50.1 Å². The number of nitrogens with zero attached hydrogens (tertiary/aromatic N) is 2. The summed E-state index contributed by atoms with van der Waals surface area (Å²) in [4.78, 5) is 14.6. The van der Waals surface area contributed by atoms with Crippen molar-refractivity contribution in [2.75, 3.05) is 13.7 Å². The molecule has 0 saturated heterocycles. The fraction of sp³-hybridized carbons (Fsp3) is 0.600. The Kier molecular flexibility index (Phi) is 6.83. The maximum Gasteiger partial charge on any atom is 0.238 e. The van der Waals surface area contributed by atoms with E-state index in [9.17, 15) is 10.1 Å². The first-order chi connectivity index (χ1) is 12.0. The van der Waals surface area contributed by atoms with E-state index in [-0.39, 0.29) is 11.9 Å². The van der Waals surface area contributed by atoms with Crippen molar-refractivity contribution in [3.8, 4) is 11.8 Å². The number of hydrogen-bond acceptors (Lipinski definition) is 4. The molecule has 2 rings (SSSR count). The largest absolute Gasteiger partial charge is 0.494 e. The molecular weight excluding hydrogens is 314 g/mol. The van der Waals surface area contributed by atoms with Crippen molar-refractivity contribution in [3.05, 3.63) is 29.8 Å². The fourth-order valence-corrected chi connectivity index (χ4v) is 3.24. The average Bonchev–Trinajstić information content (AvgIpc) is 2.63. The molecule has 0 heterocycles. The molecule has 0 radical (unpaired) electrons. The minimum Gasteiger partial charge on any atom is -0.494 e. The molecule has 1 amide bonds. The first-order valence-corrected chi connectivity index (χ1v) is 9.15. The van der Waals surface area contributed by atoms with E-state index in [0.29, 0.717) is 13.2 Å². The highest BCUT2D eigenvalue weighted by atomic mass is 16.5. The summed E-state index contributed by atoms with van der Waals surface area (Å²) < 4.78 is 5.45. The number of likely N-dealkylation sites (N-methyl/N-ethyl adjacent to an activating group) is 1. The van der Waals surface area contributed by atoms with Gasteiger partial charge in [-0.25, -0.2) is 0 Å². The van der Waals surface area contributed by atoms with Gasteiger partial charge >= 0.3 is 0 Å². The lowest BCUT2D eigenvalue weighted by Gasteiger charge is -2.34. The van der Waals surface area contributed by atoms with Crippen LogP contribution >= 0.6 is 0 Å². The molecule has 0 aromatic heterocycles. The van der Waals surface area contributed by atoms with Crippen LogP contribution in [0.2, 0.25) is 0 Å². The van der Waals surface area contributed by atoms with Crippen molar-refractivity contribution in [3.63, 3.8) is 0 Å². The zero-order valence-electron chi connectivity index (χ0n) is 15.5. The number of carbonyl (C=O) groups is 1. The first kappa shape index (κ1) is 19.3. The number of carbonyl (C=O) groups excluding carboxylic acids is 1. The van der Waals surface area contributed by atoms with Crippen molar-refractivity contribution in [2.45, 2.75) is 64.1 Å². The van der Waals surface area contributed by atoms with E-state index in [1.54, 1.807) is 0 Å². The lowest BCUT2D eigenvalue weighted by molar-refractivity contribution is -0.127. The Morgan fingerprint density at radius 3 is 2.52 bits per heavy atom. The summed E-state index contributed by atoms with van der Waals surface area (Å²) in [6, 6.07) is 9.99. The molecule has 1 saturated carbocycles. The fourth-order valence-electron chi connectivity index (χ4n) is 3.24. The SMILES string of the molecule is CCOc1ccc(CN(C)C(C)C(=O)NC2(C#N)CCCCC2)cc1.